The maximum absolute atomic E-state index is 12.6. The zero-order valence-electron chi connectivity index (χ0n) is 51.4. The van der Waals surface area contributed by atoms with E-state index < -0.39 is 5.43 Å². The number of anilines is 1. The fourth-order valence-corrected chi connectivity index (χ4v) is 10.6. The molecule has 0 unspecified atom stereocenters. The molecule has 0 radical (unpaired) electrons. The molecule has 11 N–H and O–H groups in total. The standard InChI is InChI=1S/C24H16N2O6.C24H15NO7.C12H7NO4.C12H7NO3.2Na/c25-17-9-23-18(7-15(17)13-3-1-11(27)5-20(13)29)26-19-8-16(22(31)10-24(19)32-23)14-4-2-12(28)6-21(14)30;26-11-1-3-13(19(28)5-11)15-7-17-23(9-21(15)30)32-24-10-22(31)16(8-18(24)25-17)14-4-2-12(27)6-20(14)29;14-7-1-3-9-11(5-7)17-12-6-8(15)2-4-10(12)13(9)16;14-7-1-3-9-11(5-7)16-12-6-8(15)2-4-10(12)13-9;;/h1-10,27-30H,25H2;1-10,26-30H;1-6,14H;1-6,14H;;/q;;;;2*+1/p-2. The van der Waals surface area contributed by atoms with Crippen molar-refractivity contribution in [3.63, 3.8) is 0 Å². The van der Waals surface area contributed by atoms with Crippen molar-refractivity contribution in [1.82, 2.24) is 15.0 Å². The van der Waals surface area contributed by atoms with Gasteiger partial charge in [0, 0.05) is 123 Å². The predicted molar refractivity (Wildman–Crippen MR) is 349 cm³/mol. The van der Waals surface area contributed by atoms with Crippen molar-refractivity contribution < 1.29 is 138 Å². The SMILES string of the molecule is Nc1cc2oc3cc(=O)c(-c4ccc(O)cc4O)cc-3nc2cc1-c1ccc(O)cc1O.O=c1cc2oc3cc(O)c(-c4ccc(O)cc4O)cc3nc-2cc1-c1ccc(O)cc1O.O=c1ccc2[n+]([O-])c3ccc([O-])cc3oc-2c1.O=c1ccc2nc3ccc([O-])cc3oc-2c1.[Na+].[Na+]. The Kier molecular flexibility index (Phi) is 18.8. The molecule has 0 saturated heterocycles. The first-order chi connectivity index (χ1) is 46.5. The van der Waals surface area contributed by atoms with Gasteiger partial charge in [-0.15, -0.1) is 11.5 Å². The maximum Gasteiger partial charge on any atom is 1.00 e. The normalized spacial score (nSPS) is 10.9. The third-order valence-corrected chi connectivity index (χ3v) is 15.2. The molecule has 8 aromatic rings. The van der Waals surface area contributed by atoms with Crippen molar-refractivity contribution in [2.75, 3.05) is 5.73 Å². The summed E-state index contributed by atoms with van der Waals surface area (Å²) >= 11 is 0. The minimum atomic E-state index is -0.418. The molecule has 0 bridgehead atoms. The summed E-state index contributed by atoms with van der Waals surface area (Å²) in [5, 5.41) is 123. The summed E-state index contributed by atoms with van der Waals surface area (Å²) in [7, 11) is 0. The van der Waals surface area contributed by atoms with Crippen molar-refractivity contribution in [1.29, 1.82) is 0 Å². The van der Waals surface area contributed by atoms with Crippen LogP contribution in [0, 0.1) is 5.21 Å². The van der Waals surface area contributed by atoms with Crippen LogP contribution in [-0.2, 0) is 0 Å². The summed E-state index contributed by atoms with van der Waals surface area (Å²) in [5.74, 6) is -0.910. The molecule has 4 aliphatic carbocycles. The van der Waals surface area contributed by atoms with Crippen LogP contribution in [0.5, 0.6) is 63.2 Å². The zero-order chi connectivity index (χ0) is 68.2. The number of phenols is 9. The fourth-order valence-electron chi connectivity index (χ4n) is 10.6. The van der Waals surface area contributed by atoms with Crippen LogP contribution in [0.15, 0.2) is 231 Å². The fraction of sp³-hybridized carbons (Fsp3) is 0. The molecule has 4 heterocycles. The Balaban J connectivity index is 0.000000138. The van der Waals surface area contributed by atoms with E-state index in [4.69, 9.17) is 23.4 Å². The largest absolute Gasteiger partial charge is 1.00 e. The monoisotopic (exact) mass is 1340 g/mol. The molecule has 99 heavy (non-hydrogen) atoms. The van der Waals surface area contributed by atoms with Crippen LogP contribution in [0.1, 0.15) is 0 Å². The van der Waals surface area contributed by atoms with Crippen molar-refractivity contribution in [2.24, 2.45) is 0 Å². The summed E-state index contributed by atoms with van der Waals surface area (Å²) in [6, 6.07) is 44.2. The topological polar surface area (TPSA) is 441 Å². The Morgan fingerprint density at radius 3 is 1.24 bits per heavy atom. The van der Waals surface area contributed by atoms with E-state index in [0.717, 1.165) is 18.2 Å². The molecule has 0 fully saturated rings. The van der Waals surface area contributed by atoms with Gasteiger partial charge in [0.05, 0.1) is 0 Å². The minimum absolute atomic E-state index is 0. The molecule has 25 nitrogen and oxygen atoms in total. The van der Waals surface area contributed by atoms with Crippen LogP contribution in [-0.4, -0.2) is 60.9 Å². The number of aromatic nitrogens is 4. The van der Waals surface area contributed by atoms with Gasteiger partial charge in [-0.25, -0.2) is 15.0 Å². The second kappa shape index (κ2) is 27.4. The molecular formula is C72H43N5Na2O20. The molecule has 8 aliphatic rings. The third kappa shape index (κ3) is 13.9. The number of nitrogens with two attached hydrogens (primary N) is 1. The van der Waals surface area contributed by atoms with Gasteiger partial charge in [0.2, 0.25) is 5.76 Å². The van der Waals surface area contributed by atoms with E-state index in [1.165, 1.54) is 152 Å². The van der Waals surface area contributed by atoms with Gasteiger partial charge in [0.15, 0.2) is 61.3 Å². The third-order valence-electron chi connectivity index (χ3n) is 15.2. The van der Waals surface area contributed by atoms with Crippen LogP contribution in [0.4, 0.5) is 5.69 Å². The number of phenolic OH excluding ortho intramolecular Hbond substituents is 9. The van der Waals surface area contributed by atoms with Crippen LogP contribution < -0.4 is 102 Å². The van der Waals surface area contributed by atoms with E-state index in [9.17, 15) is 80.6 Å². The molecule has 0 amide bonds. The number of nitrogens with zero attached hydrogens (tertiary/aromatic N) is 4. The summed E-state index contributed by atoms with van der Waals surface area (Å²) in [4.78, 5) is 60.9. The van der Waals surface area contributed by atoms with Gasteiger partial charge < -0.3 is 84.8 Å². The van der Waals surface area contributed by atoms with Gasteiger partial charge in [0.1, 0.15) is 85.4 Å². The molecule has 8 aromatic carbocycles. The van der Waals surface area contributed by atoms with Gasteiger partial charge in [-0.3, -0.25) is 19.2 Å². The second-order valence-corrected chi connectivity index (χ2v) is 21.7. The average Bonchev–Trinajstić information content (AvgIpc) is 0.765. The van der Waals surface area contributed by atoms with Crippen LogP contribution >= 0.6 is 0 Å². The second-order valence-electron chi connectivity index (χ2n) is 21.7. The Bertz CT molecular complexity index is 5740. The number of nitrogen functional groups attached to an aromatic ring is 1. The van der Waals surface area contributed by atoms with E-state index in [2.05, 4.69) is 15.0 Å². The van der Waals surface area contributed by atoms with E-state index in [1.807, 2.05) is 0 Å². The average molecular weight is 1340 g/mol. The number of rotatable bonds is 4. The van der Waals surface area contributed by atoms with Crippen molar-refractivity contribution in [3.8, 4) is 154 Å². The summed E-state index contributed by atoms with van der Waals surface area (Å²) < 4.78 is 23.1. The Morgan fingerprint density at radius 2 is 0.727 bits per heavy atom. The molecule has 0 spiro atoms. The van der Waals surface area contributed by atoms with E-state index >= 15 is 0 Å². The summed E-state index contributed by atoms with van der Waals surface area (Å²) in [5.41, 5.74) is 11.9. The first-order valence-corrected chi connectivity index (χ1v) is 28.7. The molecule has 0 saturated carbocycles. The molecule has 16 rings (SSSR count). The van der Waals surface area contributed by atoms with Crippen LogP contribution in [0.25, 0.3) is 135 Å². The van der Waals surface area contributed by atoms with Gasteiger partial charge >= 0.3 is 59.1 Å². The Labute approximate surface area is 597 Å². The number of hydrogen-bond donors (Lipinski definition) is 10. The van der Waals surface area contributed by atoms with Crippen molar-refractivity contribution >= 4 is 50.1 Å². The Hall–Kier alpha value is -12.4. The molecule has 0 aromatic heterocycles. The smallest absolute Gasteiger partial charge is 0.872 e. The molecule has 0 atom stereocenters. The summed E-state index contributed by atoms with van der Waals surface area (Å²) in [6.45, 7) is 0. The van der Waals surface area contributed by atoms with Gasteiger partial charge in [-0.05, 0) is 109 Å². The first-order valence-electron chi connectivity index (χ1n) is 28.7. The van der Waals surface area contributed by atoms with Gasteiger partial charge in [-0.2, -0.15) is 4.73 Å². The van der Waals surface area contributed by atoms with Gasteiger partial charge in [-0.1, -0.05) is 12.1 Å². The molecule has 478 valence electrons. The van der Waals surface area contributed by atoms with E-state index in [0.29, 0.717) is 72.1 Å². The maximum atomic E-state index is 12.6. The predicted octanol–water partition coefficient (Wildman–Crippen LogP) is 4.17. The van der Waals surface area contributed by atoms with E-state index in [-0.39, 0.29) is 212 Å². The van der Waals surface area contributed by atoms with Crippen molar-refractivity contribution in [2.45, 2.75) is 0 Å². The van der Waals surface area contributed by atoms with Crippen LogP contribution in [0.2, 0.25) is 0 Å². The van der Waals surface area contributed by atoms with Crippen molar-refractivity contribution in [3.05, 3.63) is 240 Å². The zero-order valence-corrected chi connectivity index (χ0v) is 55.4. The van der Waals surface area contributed by atoms with E-state index in [1.54, 1.807) is 24.3 Å². The van der Waals surface area contributed by atoms with Crippen LogP contribution in [0.3, 0.4) is 0 Å². The molecular weight excluding hydrogens is 1300 g/mol. The minimum Gasteiger partial charge on any atom is -0.872 e. The molecule has 27 heteroatoms. The number of fused-ring (bicyclic) bond motifs is 8. The number of aromatic hydroxyl groups is 9. The first kappa shape index (κ1) is 68.0. The Morgan fingerprint density at radius 1 is 0.333 bits per heavy atom. The quantitative estimate of drug-likeness (QED) is 0.0388. The van der Waals surface area contributed by atoms with Gasteiger partial charge in [0.25, 0.3) is 11.2 Å². The number of benzene rings is 12. The molecule has 4 aliphatic heterocycles. The summed E-state index contributed by atoms with van der Waals surface area (Å²) in [6.07, 6.45) is 0. The number of hydrogen-bond acceptors (Lipinski definition) is 24.